The van der Waals surface area contributed by atoms with Gasteiger partial charge >= 0.3 is 5.63 Å². The van der Waals surface area contributed by atoms with E-state index in [1.807, 2.05) is 42.5 Å². The highest BCUT2D eigenvalue weighted by Crippen LogP contribution is 2.42. The lowest BCUT2D eigenvalue weighted by atomic mass is 9.93. The van der Waals surface area contributed by atoms with Crippen molar-refractivity contribution >= 4 is 26.9 Å². The fraction of sp³-hybridized carbons (Fsp3) is 0.250. The van der Waals surface area contributed by atoms with Crippen LogP contribution < -0.4 is 10.4 Å². The molecular weight excluding hydrogens is 368 g/mol. The van der Waals surface area contributed by atoms with Gasteiger partial charge in [0.15, 0.2) is 0 Å². The summed E-state index contributed by atoms with van der Waals surface area (Å²) in [6.07, 6.45) is 1.71. The summed E-state index contributed by atoms with van der Waals surface area (Å²) in [7, 11) is 0. The van der Waals surface area contributed by atoms with Gasteiger partial charge in [0.1, 0.15) is 16.9 Å². The van der Waals surface area contributed by atoms with Crippen molar-refractivity contribution in [3.8, 4) is 16.9 Å². The molecule has 2 heterocycles. The summed E-state index contributed by atoms with van der Waals surface area (Å²) in [5.74, 6) is 0.786. The van der Waals surface area contributed by atoms with Gasteiger partial charge in [0.05, 0.1) is 10.0 Å². The molecule has 122 valence electrons. The number of ether oxygens (including phenoxy) is 1. The molecule has 0 aliphatic carbocycles. The molecule has 24 heavy (non-hydrogen) atoms. The zero-order valence-corrected chi connectivity index (χ0v) is 15.1. The average molecular weight is 385 g/mol. The first-order valence-corrected chi connectivity index (χ1v) is 8.78. The molecule has 0 spiro atoms. The van der Waals surface area contributed by atoms with Crippen molar-refractivity contribution in [1.82, 2.24) is 0 Å². The van der Waals surface area contributed by atoms with E-state index in [1.54, 1.807) is 0 Å². The molecule has 3 nitrogen and oxygen atoms in total. The molecular formula is C20H17BrO3. The van der Waals surface area contributed by atoms with E-state index in [2.05, 4.69) is 29.8 Å². The van der Waals surface area contributed by atoms with E-state index in [4.69, 9.17) is 9.15 Å². The molecule has 1 aromatic heterocycles. The van der Waals surface area contributed by atoms with E-state index in [1.165, 1.54) is 0 Å². The molecule has 2 aromatic carbocycles. The van der Waals surface area contributed by atoms with Crippen LogP contribution >= 0.6 is 15.9 Å². The Morgan fingerprint density at radius 1 is 1.12 bits per heavy atom. The number of fused-ring (bicyclic) bond motifs is 3. The van der Waals surface area contributed by atoms with Crippen LogP contribution in [-0.2, 0) is 6.42 Å². The first-order valence-electron chi connectivity index (χ1n) is 7.98. The van der Waals surface area contributed by atoms with E-state index in [0.29, 0.717) is 11.1 Å². The molecule has 0 N–H and O–H groups in total. The Kier molecular flexibility index (Phi) is 3.53. The summed E-state index contributed by atoms with van der Waals surface area (Å²) < 4.78 is 12.7. The minimum Gasteiger partial charge on any atom is -0.486 e. The fourth-order valence-electron chi connectivity index (χ4n) is 3.19. The van der Waals surface area contributed by atoms with Crippen LogP contribution in [0.3, 0.4) is 0 Å². The van der Waals surface area contributed by atoms with Crippen LogP contribution in [0.2, 0.25) is 0 Å². The molecule has 1 aliphatic heterocycles. The fourth-order valence-corrected chi connectivity index (χ4v) is 3.76. The van der Waals surface area contributed by atoms with Gasteiger partial charge < -0.3 is 9.15 Å². The maximum Gasteiger partial charge on any atom is 0.344 e. The maximum absolute atomic E-state index is 12.5. The van der Waals surface area contributed by atoms with Gasteiger partial charge in [-0.1, -0.05) is 30.3 Å². The first-order chi connectivity index (χ1) is 11.4. The van der Waals surface area contributed by atoms with E-state index in [9.17, 15) is 4.79 Å². The van der Waals surface area contributed by atoms with Crippen LogP contribution in [0.4, 0.5) is 0 Å². The van der Waals surface area contributed by atoms with Crippen LogP contribution in [0.25, 0.3) is 22.1 Å². The zero-order valence-electron chi connectivity index (χ0n) is 13.6. The second-order valence-corrected chi connectivity index (χ2v) is 7.61. The van der Waals surface area contributed by atoms with Crippen molar-refractivity contribution in [2.75, 3.05) is 0 Å². The van der Waals surface area contributed by atoms with Crippen molar-refractivity contribution in [2.45, 2.75) is 32.3 Å². The van der Waals surface area contributed by atoms with Crippen LogP contribution in [-0.4, -0.2) is 5.60 Å². The number of hydrogen-bond donors (Lipinski definition) is 0. The van der Waals surface area contributed by atoms with Gasteiger partial charge in [-0.25, -0.2) is 4.79 Å². The van der Waals surface area contributed by atoms with E-state index < -0.39 is 0 Å². The van der Waals surface area contributed by atoms with E-state index in [-0.39, 0.29) is 11.2 Å². The second-order valence-electron chi connectivity index (χ2n) is 6.76. The minimum absolute atomic E-state index is 0.215. The average Bonchev–Trinajstić information content (AvgIpc) is 2.55. The van der Waals surface area contributed by atoms with Crippen LogP contribution in [0.5, 0.6) is 5.75 Å². The third-order valence-corrected chi connectivity index (χ3v) is 5.05. The lowest BCUT2D eigenvalue weighted by molar-refractivity contribution is 0.0838. The summed E-state index contributed by atoms with van der Waals surface area (Å²) in [6, 6.07) is 13.5. The molecule has 0 radical (unpaired) electrons. The third kappa shape index (κ3) is 2.55. The maximum atomic E-state index is 12.5. The quantitative estimate of drug-likeness (QED) is 0.532. The standard InChI is InChI=1S/C20H17BrO3/c1-20(2)9-8-14-17-13(11-16(21)18(14)24-20)10-15(19(22)23-17)12-6-4-3-5-7-12/h3-7,10-11H,8-9H2,1-2H3. The topological polar surface area (TPSA) is 39.4 Å². The monoisotopic (exact) mass is 384 g/mol. The molecule has 3 aromatic rings. The number of aryl methyl sites for hydroxylation is 1. The number of benzene rings is 2. The van der Waals surface area contributed by atoms with Gasteiger partial charge in [0, 0.05) is 10.9 Å². The summed E-state index contributed by atoms with van der Waals surface area (Å²) in [4.78, 5) is 12.5. The highest BCUT2D eigenvalue weighted by Gasteiger charge is 2.30. The van der Waals surface area contributed by atoms with Crippen molar-refractivity contribution in [2.24, 2.45) is 0 Å². The van der Waals surface area contributed by atoms with E-state index >= 15 is 0 Å². The third-order valence-electron chi connectivity index (χ3n) is 4.46. The Morgan fingerprint density at radius 2 is 1.88 bits per heavy atom. The molecule has 0 atom stereocenters. The Labute approximate surface area is 148 Å². The predicted octanol–water partition coefficient (Wildman–Crippen LogP) is 5.33. The van der Waals surface area contributed by atoms with Gasteiger partial charge in [-0.3, -0.25) is 0 Å². The highest BCUT2D eigenvalue weighted by molar-refractivity contribution is 9.10. The zero-order chi connectivity index (χ0) is 16.9. The highest BCUT2D eigenvalue weighted by atomic mass is 79.9. The number of rotatable bonds is 1. The second kappa shape index (κ2) is 5.49. The Morgan fingerprint density at radius 3 is 2.62 bits per heavy atom. The van der Waals surface area contributed by atoms with Gasteiger partial charge in [0.2, 0.25) is 0 Å². The van der Waals surface area contributed by atoms with Gasteiger partial charge in [-0.2, -0.15) is 0 Å². The molecule has 4 heteroatoms. The smallest absolute Gasteiger partial charge is 0.344 e. The van der Waals surface area contributed by atoms with Crippen LogP contribution in [0.1, 0.15) is 25.8 Å². The van der Waals surface area contributed by atoms with Gasteiger partial charge in [-0.05, 0) is 60.3 Å². The molecule has 1 aliphatic rings. The lowest BCUT2D eigenvalue weighted by Gasteiger charge is -2.33. The minimum atomic E-state index is -0.317. The number of hydrogen-bond acceptors (Lipinski definition) is 3. The van der Waals surface area contributed by atoms with Crippen molar-refractivity contribution in [3.63, 3.8) is 0 Å². The van der Waals surface area contributed by atoms with Gasteiger partial charge in [0.25, 0.3) is 0 Å². The summed E-state index contributed by atoms with van der Waals surface area (Å²) in [5.41, 5.74) is 2.51. The molecule has 0 bridgehead atoms. The molecule has 4 rings (SSSR count). The Balaban J connectivity index is 1.96. The summed E-state index contributed by atoms with van der Waals surface area (Å²) in [6.45, 7) is 4.14. The molecule has 0 saturated carbocycles. The number of halogens is 1. The largest absolute Gasteiger partial charge is 0.486 e. The Bertz CT molecular complexity index is 987. The summed E-state index contributed by atoms with van der Waals surface area (Å²) in [5, 5.41) is 0.905. The van der Waals surface area contributed by atoms with Crippen LogP contribution in [0.15, 0.2) is 56.1 Å². The lowest BCUT2D eigenvalue weighted by Crippen LogP contribution is -2.32. The molecule has 0 unspecified atom stereocenters. The van der Waals surface area contributed by atoms with Crippen molar-refractivity contribution in [1.29, 1.82) is 0 Å². The van der Waals surface area contributed by atoms with Crippen molar-refractivity contribution in [3.05, 3.63) is 62.9 Å². The SMILES string of the molecule is CC1(C)CCc2c(c(Br)cc3cc(-c4ccccc4)c(=O)oc23)O1. The van der Waals surface area contributed by atoms with Crippen LogP contribution in [0, 0.1) is 0 Å². The summed E-state index contributed by atoms with van der Waals surface area (Å²) >= 11 is 3.61. The molecule has 0 amide bonds. The van der Waals surface area contributed by atoms with E-state index in [0.717, 1.165) is 39.6 Å². The predicted molar refractivity (Wildman–Crippen MR) is 98.6 cm³/mol. The normalized spacial score (nSPS) is 15.8. The van der Waals surface area contributed by atoms with Crippen molar-refractivity contribution < 1.29 is 9.15 Å². The molecule has 0 saturated heterocycles. The molecule has 0 fully saturated rings. The Hall–Kier alpha value is -2.07. The first kappa shape index (κ1) is 15.5. The van der Waals surface area contributed by atoms with Gasteiger partial charge in [-0.15, -0.1) is 0 Å².